The third-order valence-electron chi connectivity index (χ3n) is 2.38. The van der Waals surface area contributed by atoms with Gasteiger partial charge in [0.2, 0.25) is 5.78 Å². The Morgan fingerprint density at radius 3 is 2.88 bits per heavy atom. The number of ketones is 1. The molecule has 88 valence electrons. The Labute approximate surface area is 99.6 Å². The quantitative estimate of drug-likeness (QED) is 0.599. The SMILES string of the molecule is CCn1ccc(C(=O)/C=C/c2ccc(C)o2)n1. The van der Waals surface area contributed by atoms with E-state index in [2.05, 4.69) is 5.10 Å². The van der Waals surface area contributed by atoms with Crippen LogP contribution in [0.25, 0.3) is 6.08 Å². The minimum Gasteiger partial charge on any atom is -0.462 e. The molecule has 0 aliphatic heterocycles. The monoisotopic (exact) mass is 230 g/mol. The molecular weight excluding hydrogens is 216 g/mol. The number of furan rings is 1. The average molecular weight is 230 g/mol. The van der Waals surface area contributed by atoms with Gasteiger partial charge in [-0.3, -0.25) is 9.48 Å². The van der Waals surface area contributed by atoms with Crippen LogP contribution >= 0.6 is 0 Å². The van der Waals surface area contributed by atoms with Crippen molar-refractivity contribution in [2.45, 2.75) is 20.4 Å². The van der Waals surface area contributed by atoms with Crippen molar-refractivity contribution in [2.24, 2.45) is 0 Å². The number of rotatable bonds is 4. The summed E-state index contributed by atoms with van der Waals surface area (Å²) in [4.78, 5) is 11.7. The van der Waals surface area contributed by atoms with E-state index in [0.29, 0.717) is 11.5 Å². The van der Waals surface area contributed by atoms with Crippen molar-refractivity contribution in [2.75, 3.05) is 0 Å². The van der Waals surface area contributed by atoms with Crippen molar-refractivity contribution >= 4 is 11.9 Å². The van der Waals surface area contributed by atoms with E-state index in [0.717, 1.165) is 12.3 Å². The van der Waals surface area contributed by atoms with Gasteiger partial charge in [0.05, 0.1) is 0 Å². The molecule has 0 atom stereocenters. The smallest absolute Gasteiger partial charge is 0.206 e. The molecule has 0 saturated heterocycles. The second kappa shape index (κ2) is 4.82. The maximum absolute atomic E-state index is 11.7. The van der Waals surface area contributed by atoms with Crippen molar-refractivity contribution in [3.63, 3.8) is 0 Å². The zero-order valence-corrected chi connectivity index (χ0v) is 9.88. The molecule has 0 saturated carbocycles. The predicted octanol–water partition coefficient (Wildman–Crippen LogP) is 2.70. The normalized spacial score (nSPS) is 11.2. The number of aryl methyl sites for hydroxylation is 2. The average Bonchev–Trinajstić information content (AvgIpc) is 2.94. The van der Waals surface area contributed by atoms with Crippen LogP contribution in [0.2, 0.25) is 0 Å². The number of allylic oxidation sites excluding steroid dienone is 1. The Balaban J connectivity index is 2.08. The lowest BCUT2D eigenvalue weighted by atomic mass is 10.2. The summed E-state index contributed by atoms with van der Waals surface area (Å²) < 4.78 is 7.05. The highest BCUT2D eigenvalue weighted by molar-refractivity contribution is 6.05. The molecule has 0 amide bonds. The molecule has 0 fully saturated rings. The lowest BCUT2D eigenvalue weighted by Crippen LogP contribution is -1.99. The van der Waals surface area contributed by atoms with Crippen molar-refractivity contribution < 1.29 is 9.21 Å². The van der Waals surface area contributed by atoms with Crippen molar-refractivity contribution in [1.29, 1.82) is 0 Å². The van der Waals surface area contributed by atoms with Gasteiger partial charge in [-0.05, 0) is 44.2 Å². The molecule has 0 bridgehead atoms. The van der Waals surface area contributed by atoms with E-state index in [1.54, 1.807) is 23.0 Å². The molecule has 17 heavy (non-hydrogen) atoms. The van der Waals surface area contributed by atoms with Gasteiger partial charge in [0.25, 0.3) is 0 Å². The maximum Gasteiger partial charge on any atom is 0.206 e. The summed E-state index contributed by atoms with van der Waals surface area (Å²) in [6, 6.07) is 5.39. The number of hydrogen-bond donors (Lipinski definition) is 0. The first-order chi connectivity index (χ1) is 8.19. The Kier molecular flexibility index (Phi) is 3.23. The molecule has 4 heteroatoms. The summed E-state index contributed by atoms with van der Waals surface area (Å²) >= 11 is 0. The van der Waals surface area contributed by atoms with E-state index < -0.39 is 0 Å². The number of carbonyl (C=O) groups excluding carboxylic acids is 1. The molecule has 0 spiro atoms. The summed E-state index contributed by atoms with van der Waals surface area (Å²) in [5, 5.41) is 4.13. The van der Waals surface area contributed by atoms with Crippen LogP contribution < -0.4 is 0 Å². The van der Waals surface area contributed by atoms with Gasteiger partial charge in [-0.15, -0.1) is 0 Å². The highest BCUT2D eigenvalue weighted by Gasteiger charge is 2.05. The van der Waals surface area contributed by atoms with Gasteiger partial charge in [0.15, 0.2) is 0 Å². The van der Waals surface area contributed by atoms with Crippen LogP contribution in [0, 0.1) is 6.92 Å². The van der Waals surface area contributed by atoms with Gasteiger partial charge >= 0.3 is 0 Å². The molecule has 2 rings (SSSR count). The zero-order valence-electron chi connectivity index (χ0n) is 9.88. The predicted molar refractivity (Wildman–Crippen MR) is 64.7 cm³/mol. The molecule has 0 N–H and O–H groups in total. The number of nitrogens with zero attached hydrogens (tertiary/aromatic N) is 2. The van der Waals surface area contributed by atoms with Crippen LogP contribution in [0.1, 0.15) is 28.9 Å². The van der Waals surface area contributed by atoms with Crippen LogP contribution in [0.4, 0.5) is 0 Å². The molecule has 2 aromatic heterocycles. The molecule has 4 nitrogen and oxygen atoms in total. The first-order valence-corrected chi connectivity index (χ1v) is 5.51. The fourth-order valence-corrected chi connectivity index (χ4v) is 1.46. The fraction of sp³-hybridized carbons (Fsp3) is 0.231. The lowest BCUT2D eigenvalue weighted by molar-refractivity contribution is 0.104. The van der Waals surface area contributed by atoms with Crippen molar-refractivity contribution in [3.05, 3.63) is 47.7 Å². The molecule has 0 aliphatic rings. The molecule has 0 aliphatic carbocycles. The molecular formula is C13H14N2O2. The van der Waals surface area contributed by atoms with E-state index in [-0.39, 0.29) is 5.78 Å². The molecule has 0 aromatic carbocycles. The summed E-state index contributed by atoms with van der Waals surface area (Å²) in [5.74, 6) is 1.38. The lowest BCUT2D eigenvalue weighted by Gasteiger charge is -1.91. The molecule has 2 aromatic rings. The molecule has 0 unspecified atom stereocenters. The Hall–Kier alpha value is -2.10. The molecule has 2 heterocycles. The van der Waals surface area contributed by atoms with Gasteiger partial charge in [-0.1, -0.05) is 0 Å². The van der Waals surface area contributed by atoms with Crippen molar-refractivity contribution in [1.82, 2.24) is 9.78 Å². The third kappa shape index (κ3) is 2.72. The Morgan fingerprint density at radius 2 is 2.29 bits per heavy atom. The Bertz CT molecular complexity index is 549. The number of hydrogen-bond acceptors (Lipinski definition) is 3. The standard InChI is InChI=1S/C13H14N2O2/c1-3-15-9-8-12(14-15)13(16)7-6-11-5-4-10(2)17-11/h4-9H,3H2,1-2H3/b7-6+. The minimum absolute atomic E-state index is 0.119. The van der Waals surface area contributed by atoms with E-state index in [1.165, 1.54) is 6.08 Å². The van der Waals surface area contributed by atoms with E-state index in [1.807, 2.05) is 26.0 Å². The first kappa shape index (κ1) is 11.4. The highest BCUT2D eigenvalue weighted by atomic mass is 16.3. The van der Waals surface area contributed by atoms with Crippen LogP contribution in [0.3, 0.4) is 0 Å². The first-order valence-electron chi connectivity index (χ1n) is 5.51. The summed E-state index contributed by atoms with van der Waals surface area (Å²) in [6.07, 6.45) is 4.92. The fourth-order valence-electron chi connectivity index (χ4n) is 1.46. The van der Waals surface area contributed by atoms with E-state index in [4.69, 9.17) is 4.42 Å². The van der Waals surface area contributed by atoms with E-state index in [9.17, 15) is 4.79 Å². The Morgan fingerprint density at radius 1 is 1.47 bits per heavy atom. The summed E-state index contributed by atoms with van der Waals surface area (Å²) in [6.45, 7) is 4.60. The van der Waals surface area contributed by atoms with Gasteiger partial charge in [0.1, 0.15) is 17.2 Å². The van der Waals surface area contributed by atoms with Gasteiger partial charge in [0, 0.05) is 12.7 Å². The zero-order chi connectivity index (χ0) is 12.3. The third-order valence-corrected chi connectivity index (χ3v) is 2.38. The highest BCUT2D eigenvalue weighted by Crippen LogP contribution is 2.09. The van der Waals surface area contributed by atoms with E-state index >= 15 is 0 Å². The van der Waals surface area contributed by atoms with Crippen LogP contribution in [0.5, 0.6) is 0 Å². The summed E-state index contributed by atoms with van der Waals surface area (Å²) in [7, 11) is 0. The van der Waals surface area contributed by atoms with Crippen LogP contribution in [-0.2, 0) is 6.54 Å². The van der Waals surface area contributed by atoms with Crippen molar-refractivity contribution in [3.8, 4) is 0 Å². The summed E-state index contributed by atoms with van der Waals surface area (Å²) in [5.41, 5.74) is 0.450. The topological polar surface area (TPSA) is 48.0 Å². The van der Waals surface area contributed by atoms with Gasteiger partial charge < -0.3 is 4.42 Å². The number of carbonyl (C=O) groups is 1. The second-order valence-corrected chi connectivity index (χ2v) is 3.70. The molecule has 0 radical (unpaired) electrons. The minimum atomic E-state index is -0.119. The second-order valence-electron chi connectivity index (χ2n) is 3.70. The van der Waals surface area contributed by atoms with Gasteiger partial charge in [-0.2, -0.15) is 5.10 Å². The van der Waals surface area contributed by atoms with Crippen LogP contribution in [0.15, 0.2) is 34.9 Å². The van der Waals surface area contributed by atoms with Gasteiger partial charge in [-0.25, -0.2) is 0 Å². The maximum atomic E-state index is 11.7. The number of aromatic nitrogens is 2. The van der Waals surface area contributed by atoms with Crippen LogP contribution in [-0.4, -0.2) is 15.6 Å². The largest absolute Gasteiger partial charge is 0.462 e.